The summed E-state index contributed by atoms with van der Waals surface area (Å²) in [7, 11) is 1.52. The zero-order chi connectivity index (χ0) is 26.2. The van der Waals surface area contributed by atoms with Gasteiger partial charge in [0, 0.05) is 24.7 Å². The lowest BCUT2D eigenvalue weighted by molar-refractivity contribution is -0.192. The maximum Gasteiger partial charge on any atom is 0.490 e. The number of carboxylic acid groups (broad SMARTS) is 1. The number of fused-ring (bicyclic) bond motifs is 1. The van der Waals surface area contributed by atoms with Gasteiger partial charge in [-0.05, 0) is 30.7 Å². The van der Waals surface area contributed by atoms with Gasteiger partial charge in [-0.25, -0.2) is 4.79 Å². The van der Waals surface area contributed by atoms with Gasteiger partial charge in [0.1, 0.15) is 12.4 Å². The molecule has 35 heavy (non-hydrogen) atoms. The molecule has 1 unspecified atom stereocenters. The summed E-state index contributed by atoms with van der Waals surface area (Å²) in [6, 6.07) is 12.7. The van der Waals surface area contributed by atoms with Crippen LogP contribution in [-0.2, 0) is 10.2 Å². The Morgan fingerprint density at radius 1 is 1.14 bits per heavy atom. The largest absolute Gasteiger partial charge is 0.491 e. The second-order valence-corrected chi connectivity index (χ2v) is 7.58. The maximum atomic E-state index is 12.6. The number of hydrogen-bond acceptors (Lipinski definition) is 6. The number of halogens is 3. The van der Waals surface area contributed by atoms with Crippen molar-refractivity contribution in [2.75, 3.05) is 33.4 Å². The minimum Gasteiger partial charge on any atom is -0.491 e. The fourth-order valence-electron chi connectivity index (χ4n) is 3.47. The van der Waals surface area contributed by atoms with Gasteiger partial charge >= 0.3 is 12.1 Å². The van der Waals surface area contributed by atoms with Crippen LogP contribution in [0.1, 0.15) is 38.3 Å². The summed E-state index contributed by atoms with van der Waals surface area (Å²) in [5.41, 5.74) is 6.74. The zero-order valence-electron chi connectivity index (χ0n) is 18.8. The highest BCUT2D eigenvalue weighted by Gasteiger charge is 2.44. The lowest BCUT2D eigenvalue weighted by atomic mass is 9.76. The molecule has 0 aromatic heterocycles. The van der Waals surface area contributed by atoms with Crippen molar-refractivity contribution in [3.05, 3.63) is 64.7 Å². The minimum absolute atomic E-state index is 0.186. The van der Waals surface area contributed by atoms with Crippen molar-refractivity contribution in [2.24, 2.45) is 5.73 Å². The van der Waals surface area contributed by atoms with Crippen molar-refractivity contribution in [2.45, 2.75) is 18.0 Å². The molecule has 3 rings (SSSR count). The Morgan fingerprint density at radius 2 is 1.77 bits per heavy atom. The first-order valence-corrected chi connectivity index (χ1v) is 10.5. The SMILES string of the molecule is CNC(=O)c1cc(C(=O)NCCCN)cc2c1OCC2(CO)c1ccccc1.O=C(O)C(F)(F)F. The first-order valence-electron chi connectivity index (χ1n) is 10.5. The van der Waals surface area contributed by atoms with Gasteiger partial charge < -0.3 is 31.3 Å². The van der Waals surface area contributed by atoms with Crippen LogP contribution in [0.25, 0.3) is 0 Å². The van der Waals surface area contributed by atoms with E-state index in [-0.39, 0.29) is 30.6 Å². The molecular formula is C23H26F3N3O6. The smallest absolute Gasteiger partial charge is 0.490 e. The quantitative estimate of drug-likeness (QED) is 0.363. The van der Waals surface area contributed by atoms with Crippen LogP contribution < -0.4 is 21.1 Å². The molecule has 0 saturated heterocycles. The molecule has 2 aromatic carbocycles. The third-order valence-electron chi connectivity index (χ3n) is 5.31. The highest BCUT2D eigenvalue weighted by atomic mass is 19.4. The van der Waals surface area contributed by atoms with Crippen molar-refractivity contribution in [3.8, 4) is 5.75 Å². The number of benzene rings is 2. The van der Waals surface area contributed by atoms with Crippen LogP contribution >= 0.6 is 0 Å². The molecule has 0 fully saturated rings. The molecular weight excluding hydrogens is 471 g/mol. The standard InChI is InChI=1S/C21H25N3O4.C2HF3O2/c1-23-20(27)16-10-14(19(26)24-9-5-8-22)11-17-18(16)28-13-21(17,12-25)15-6-3-2-4-7-15;3-2(4,5)1(6)7/h2-4,6-7,10-11,25H,5,8-9,12-13,22H2,1H3,(H,23,27)(H,24,26);(H,6,7). The van der Waals surface area contributed by atoms with Crippen molar-refractivity contribution >= 4 is 17.8 Å². The number of nitrogens with one attached hydrogen (secondary N) is 2. The fourth-order valence-corrected chi connectivity index (χ4v) is 3.47. The lowest BCUT2D eigenvalue weighted by Crippen LogP contribution is -2.34. The second-order valence-electron chi connectivity index (χ2n) is 7.58. The van der Waals surface area contributed by atoms with E-state index in [1.165, 1.54) is 13.1 Å². The first-order chi connectivity index (χ1) is 16.5. The average Bonchev–Trinajstić information content (AvgIpc) is 3.23. The van der Waals surface area contributed by atoms with E-state index in [0.29, 0.717) is 36.4 Å². The Kier molecular flexibility index (Phi) is 9.20. The summed E-state index contributed by atoms with van der Waals surface area (Å²) < 4.78 is 37.6. The number of carbonyl (C=O) groups excluding carboxylic acids is 2. The van der Waals surface area contributed by atoms with Gasteiger partial charge in [-0.2, -0.15) is 13.2 Å². The summed E-state index contributed by atoms with van der Waals surface area (Å²) in [5.74, 6) is -3.01. The Morgan fingerprint density at radius 3 is 2.29 bits per heavy atom. The van der Waals surface area contributed by atoms with Crippen LogP contribution in [0, 0.1) is 0 Å². The van der Waals surface area contributed by atoms with E-state index in [1.54, 1.807) is 6.07 Å². The number of alkyl halides is 3. The van der Waals surface area contributed by atoms with E-state index in [0.717, 1.165) is 5.56 Å². The number of aliphatic hydroxyl groups is 1. The number of rotatable bonds is 7. The molecule has 1 aliphatic heterocycles. The Hall–Kier alpha value is -3.64. The van der Waals surface area contributed by atoms with Crippen LogP contribution in [0.4, 0.5) is 13.2 Å². The minimum atomic E-state index is -5.08. The first kappa shape index (κ1) is 27.6. The zero-order valence-corrected chi connectivity index (χ0v) is 18.8. The van der Waals surface area contributed by atoms with Gasteiger partial charge in [0.15, 0.2) is 0 Å². The molecule has 0 bridgehead atoms. The number of carbonyl (C=O) groups is 3. The normalized spacial score (nSPS) is 16.3. The average molecular weight is 497 g/mol. The van der Waals surface area contributed by atoms with Crippen LogP contribution in [0.5, 0.6) is 5.75 Å². The molecule has 0 spiro atoms. The molecule has 6 N–H and O–H groups in total. The van der Waals surface area contributed by atoms with E-state index >= 15 is 0 Å². The topological polar surface area (TPSA) is 151 Å². The van der Waals surface area contributed by atoms with Gasteiger partial charge in [-0.1, -0.05) is 30.3 Å². The predicted octanol–water partition coefficient (Wildman–Crippen LogP) is 1.43. The highest BCUT2D eigenvalue weighted by molar-refractivity contribution is 6.02. The van der Waals surface area contributed by atoms with Crippen LogP contribution in [-0.4, -0.2) is 67.5 Å². The molecule has 2 aromatic rings. The number of ether oxygens (including phenoxy) is 1. The molecule has 190 valence electrons. The third-order valence-corrected chi connectivity index (χ3v) is 5.31. The molecule has 1 atom stereocenters. The number of amides is 2. The van der Waals surface area contributed by atoms with Crippen molar-refractivity contribution < 1.29 is 42.5 Å². The second kappa shape index (κ2) is 11.7. The summed E-state index contributed by atoms with van der Waals surface area (Å²) in [6.07, 6.45) is -4.42. The highest BCUT2D eigenvalue weighted by Crippen LogP contribution is 2.45. The number of aliphatic carboxylic acids is 1. The Labute approximate surface area is 199 Å². The molecule has 0 aliphatic carbocycles. The van der Waals surface area contributed by atoms with E-state index in [1.807, 2.05) is 30.3 Å². The van der Waals surface area contributed by atoms with E-state index in [2.05, 4.69) is 10.6 Å². The van der Waals surface area contributed by atoms with Gasteiger partial charge in [0.2, 0.25) is 0 Å². The van der Waals surface area contributed by atoms with Crippen LogP contribution in [0.2, 0.25) is 0 Å². The van der Waals surface area contributed by atoms with Crippen molar-refractivity contribution in [1.29, 1.82) is 0 Å². The fraction of sp³-hybridized carbons (Fsp3) is 0.348. The third kappa shape index (κ3) is 6.28. The molecule has 0 saturated carbocycles. The van der Waals surface area contributed by atoms with Gasteiger partial charge in [0.25, 0.3) is 11.8 Å². The molecule has 2 amide bonds. The molecule has 0 radical (unpaired) electrons. The Balaban J connectivity index is 0.000000540. The predicted molar refractivity (Wildman–Crippen MR) is 119 cm³/mol. The summed E-state index contributed by atoms with van der Waals surface area (Å²) in [4.78, 5) is 34.0. The number of hydrogen-bond donors (Lipinski definition) is 5. The van der Waals surface area contributed by atoms with Gasteiger partial charge in [-0.15, -0.1) is 0 Å². The number of carboxylic acids is 1. The van der Waals surface area contributed by atoms with Crippen LogP contribution in [0.15, 0.2) is 42.5 Å². The maximum absolute atomic E-state index is 12.6. The van der Waals surface area contributed by atoms with Crippen LogP contribution in [0.3, 0.4) is 0 Å². The van der Waals surface area contributed by atoms with E-state index in [4.69, 9.17) is 20.4 Å². The molecule has 1 heterocycles. The summed E-state index contributed by atoms with van der Waals surface area (Å²) >= 11 is 0. The summed E-state index contributed by atoms with van der Waals surface area (Å²) in [5, 5.41) is 22.8. The Bertz CT molecular complexity index is 1060. The van der Waals surface area contributed by atoms with E-state index < -0.39 is 17.6 Å². The van der Waals surface area contributed by atoms with E-state index in [9.17, 15) is 27.9 Å². The number of nitrogens with two attached hydrogens (primary N) is 1. The molecule has 1 aliphatic rings. The van der Waals surface area contributed by atoms with Gasteiger partial charge in [0.05, 0.1) is 17.6 Å². The number of aliphatic hydroxyl groups excluding tert-OH is 1. The lowest BCUT2D eigenvalue weighted by Gasteiger charge is -2.26. The van der Waals surface area contributed by atoms with Gasteiger partial charge in [-0.3, -0.25) is 9.59 Å². The van der Waals surface area contributed by atoms with Crippen molar-refractivity contribution in [1.82, 2.24) is 10.6 Å². The molecule has 12 heteroatoms. The summed E-state index contributed by atoms with van der Waals surface area (Å²) in [6.45, 7) is 0.895. The van der Waals surface area contributed by atoms with Crippen molar-refractivity contribution in [3.63, 3.8) is 0 Å². The monoisotopic (exact) mass is 497 g/mol. The molecule has 9 nitrogen and oxygen atoms in total.